The number of hydrogen-bond donors (Lipinski definition) is 1. The Balaban J connectivity index is 1.58. The number of aliphatic hydroxyl groups is 1. The molecule has 1 heterocycles. The lowest BCUT2D eigenvalue weighted by molar-refractivity contribution is -0.123. The molecule has 7 nitrogen and oxygen atoms in total. The largest absolute Gasteiger partial charge is 0.388 e. The summed E-state index contributed by atoms with van der Waals surface area (Å²) in [6.45, 7) is 4.45. The Morgan fingerprint density at radius 2 is 2.00 bits per heavy atom. The molecule has 1 saturated carbocycles. The Morgan fingerprint density at radius 1 is 1.18 bits per heavy atom. The van der Waals surface area contributed by atoms with E-state index in [0.717, 1.165) is 11.1 Å². The highest BCUT2D eigenvalue weighted by Gasteiger charge is 2.54. The van der Waals surface area contributed by atoms with Crippen molar-refractivity contribution < 1.29 is 33.6 Å². The minimum Gasteiger partial charge on any atom is -0.388 e. The standard InChI is InChI=1S/C26H36O7/c1-3-32-24-12-26(16-33-24)11-20(27)10-21-22(15-31-17-29-2)19(9-23(26)25(21)28)14-30-13-18-7-5-4-6-8-18/h4-9,19,21-22,24-25,28H,3,10-17H2,1-2H3/t19-,21+,22-,24?,25-,26-/m1/s1. The molecule has 4 rings (SSSR count). The first kappa shape index (κ1) is 24.5. The third-order valence-corrected chi connectivity index (χ3v) is 7.22. The van der Waals surface area contributed by atoms with Crippen LogP contribution in [0.2, 0.25) is 0 Å². The molecule has 0 aromatic heterocycles. The first-order valence-corrected chi connectivity index (χ1v) is 11.9. The molecule has 1 aromatic carbocycles. The Kier molecular flexibility index (Phi) is 8.33. The van der Waals surface area contributed by atoms with Crippen molar-refractivity contribution >= 4 is 5.78 Å². The summed E-state index contributed by atoms with van der Waals surface area (Å²) in [5, 5.41) is 11.4. The van der Waals surface area contributed by atoms with Gasteiger partial charge in [0.15, 0.2) is 6.29 Å². The normalized spacial score (nSPS) is 33.8. The van der Waals surface area contributed by atoms with Crippen LogP contribution >= 0.6 is 0 Å². The van der Waals surface area contributed by atoms with Crippen molar-refractivity contribution in [2.24, 2.45) is 23.2 Å². The number of rotatable bonds is 10. The molecular formula is C26H36O7. The van der Waals surface area contributed by atoms with Gasteiger partial charge in [-0.25, -0.2) is 0 Å². The minimum atomic E-state index is -0.707. The number of aliphatic hydroxyl groups excluding tert-OH is 1. The number of benzene rings is 1. The molecule has 1 unspecified atom stereocenters. The van der Waals surface area contributed by atoms with E-state index in [2.05, 4.69) is 6.08 Å². The third-order valence-electron chi connectivity index (χ3n) is 7.22. The maximum Gasteiger partial charge on any atom is 0.158 e. The van der Waals surface area contributed by atoms with Crippen molar-refractivity contribution in [3.05, 3.63) is 47.5 Å². The average molecular weight is 461 g/mol. The molecule has 1 N–H and O–H groups in total. The van der Waals surface area contributed by atoms with Crippen LogP contribution in [0.4, 0.5) is 0 Å². The van der Waals surface area contributed by atoms with Crippen LogP contribution in [-0.2, 0) is 35.1 Å². The van der Waals surface area contributed by atoms with Gasteiger partial charge >= 0.3 is 0 Å². The quantitative estimate of drug-likeness (QED) is 0.326. The Labute approximate surface area is 196 Å². The van der Waals surface area contributed by atoms with Crippen LogP contribution in [0.5, 0.6) is 0 Å². The van der Waals surface area contributed by atoms with Crippen LogP contribution < -0.4 is 0 Å². The van der Waals surface area contributed by atoms with Crippen LogP contribution in [0.1, 0.15) is 31.7 Å². The summed E-state index contributed by atoms with van der Waals surface area (Å²) in [6.07, 6.45) is 2.38. The van der Waals surface area contributed by atoms with Crippen LogP contribution in [0, 0.1) is 23.2 Å². The highest BCUT2D eigenvalue weighted by molar-refractivity contribution is 5.81. The molecule has 0 radical (unpaired) electrons. The number of carbonyl (C=O) groups excluding carboxylic acids is 1. The molecule has 33 heavy (non-hydrogen) atoms. The maximum absolute atomic E-state index is 13.0. The monoisotopic (exact) mass is 460 g/mol. The van der Waals surface area contributed by atoms with Crippen molar-refractivity contribution in [3.8, 4) is 0 Å². The molecule has 1 saturated heterocycles. The highest BCUT2D eigenvalue weighted by atomic mass is 16.7. The van der Waals surface area contributed by atoms with E-state index in [1.165, 1.54) is 0 Å². The highest BCUT2D eigenvalue weighted by Crippen LogP contribution is 2.53. The van der Waals surface area contributed by atoms with E-state index in [1.807, 2.05) is 37.3 Å². The fourth-order valence-corrected chi connectivity index (χ4v) is 5.68. The molecule has 6 atom stereocenters. The minimum absolute atomic E-state index is 0.0166. The van der Waals surface area contributed by atoms with Crippen molar-refractivity contribution in [1.29, 1.82) is 0 Å². The predicted molar refractivity (Wildman–Crippen MR) is 121 cm³/mol. The summed E-state index contributed by atoms with van der Waals surface area (Å²) in [6, 6.07) is 10.1. The molecule has 0 amide bonds. The molecule has 2 bridgehead atoms. The molecule has 182 valence electrons. The zero-order valence-corrected chi connectivity index (χ0v) is 19.6. The summed E-state index contributed by atoms with van der Waals surface area (Å²) in [5.74, 6) is -0.0855. The van der Waals surface area contributed by atoms with E-state index in [1.54, 1.807) is 7.11 Å². The average Bonchev–Trinajstić information content (AvgIpc) is 3.18. The fraction of sp³-hybridized carbons (Fsp3) is 0.654. The van der Waals surface area contributed by atoms with Gasteiger partial charge in [0, 0.05) is 50.2 Å². The van der Waals surface area contributed by atoms with Gasteiger partial charge in [-0.05, 0) is 24.0 Å². The number of fused-ring (bicyclic) bond motifs is 3. The van der Waals surface area contributed by atoms with Gasteiger partial charge in [0.05, 0.1) is 32.5 Å². The predicted octanol–water partition coefficient (Wildman–Crippen LogP) is 3.11. The lowest BCUT2D eigenvalue weighted by Gasteiger charge is -2.42. The summed E-state index contributed by atoms with van der Waals surface area (Å²) in [4.78, 5) is 13.0. The zero-order valence-electron chi connectivity index (χ0n) is 19.6. The molecule has 1 spiro atoms. The molecule has 2 fully saturated rings. The topological polar surface area (TPSA) is 83.5 Å². The Morgan fingerprint density at radius 3 is 2.76 bits per heavy atom. The molecule has 2 aliphatic carbocycles. The van der Waals surface area contributed by atoms with Gasteiger partial charge in [-0.2, -0.15) is 0 Å². The summed E-state index contributed by atoms with van der Waals surface area (Å²) in [5.41, 5.74) is 1.51. The van der Waals surface area contributed by atoms with E-state index >= 15 is 0 Å². The number of Topliss-reactive ketones (excluding diaryl/α,β-unsaturated/α-hetero) is 1. The Bertz CT molecular complexity index is 810. The number of carbonyl (C=O) groups is 1. The SMILES string of the molecule is CCOC1C[C@@]2(CO1)CC(=O)C[C@H]1[C@H](COCOC)[C@@H](COCc3ccccc3)C=C2[C@@H]1O. The van der Waals surface area contributed by atoms with Crippen molar-refractivity contribution in [3.63, 3.8) is 0 Å². The summed E-state index contributed by atoms with van der Waals surface area (Å²) in [7, 11) is 1.59. The van der Waals surface area contributed by atoms with Gasteiger partial charge in [0.25, 0.3) is 0 Å². The van der Waals surface area contributed by atoms with Crippen molar-refractivity contribution in [1.82, 2.24) is 0 Å². The smallest absolute Gasteiger partial charge is 0.158 e. The van der Waals surface area contributed by atoms with Gasteiger partial charge in [0.1, 0.15) is 12.6 Å². The molecule has 3 aliphatic rings. The van der Waals surface area contributed by atoms with E-state index in [0.29, 0.717) is 52.3 Å². The van der Waals surface area contributed by atoms with Crippen LogP contribution in [0.25, 0.3) is 0 Å². The lowest BCUT2D eigenvalue weighted by Crippen LogP contribution is -2.44. The number of methoxy groups -OCH3 is 1. The summed E-state index contributed by atoms with van der Waals surface area (Å²) < 4.78 is 28.5. The van der Waals surface area contributed by atoms with E-state index in [9.17, 15) is 9.90 Å². The number of ether oxygens (including phenoxy) is 5. The molecule has 1 aliphatic heterocycles. The second kappa shape index (κ2) is 11.2. The molecule has 1 aromatic rings. The third kappa shape index (κ3) is 5.56. The van der Waals surface area contributed by atoms with E-state index in [-0.39, 0.29) is 36.6 Å². The molecular weight excluding hydrogens is 424 g/mol. The first-order valence-electron chi connectivity index (χ1n) is 11.9. The zero-order chi connectivity index (χ0) is 23.3. The van der Waals surface area contributed by atoms with Crippen molar-refractivity contribution in [2.45, 2.75) is 45.2 Å². The van der Waals surface area contributed by atoms with Crippen LogP contribution in [-0.4, -0.2) is 63.6 Å². The van der Waals surface area contributed by atoms with Gasteiger partial charge < -0.3 is 28.8 Å². The lowest BCUT2D eigenvalue weighted by atomic mass is 9.65. The Hall–Kier alpha value is -1.61. The number of ketones is 1. The van der Waals surface area contributed by atoms with E-state index in [4.69, 9.17) is 23.7 Å². The summed E-state index contributed by atoms with van der Waals surface area (Å²) >= 11 is 0. The van der Waals surface area contributed by atoms with Crippen molar-refractivity contribution in [2.75, 3.05) is 40.3 Å². The second-order valence-electron chi connectivity index (χ2n) is 9.44. The second-order valence-corrected chi connectivity index (χ2v) is 9.44. The van der Waals surface area contributed by atoms with Gasteiger partial charge in [-0.15, -0.1) is 0 Å². The molecule has 7 heteroatoms. The number of hydrogen-bond acceptors (Lipinski definition) is 7. The van der Waals surface area contributed by atoms with Crippen LogP contribution in [0.15, 0.2) is 42.0 Å². The van der Waals surface area contributed by atoms with Crippen LogP contribution in [0.3, 0.4) is 0 Å². The van der Waals surface area contributed by atoms with Gasteiger partial charge in [-0.1, -0.05) is 36.4 Å². The first-order chi connectivity index (χ1) is 16.1. The fourth-order valence-electron chi connectivity index (χ4n) is 5.68. The van der Waals surface area contributed by atoms with E-state index < -0.39 is 11.5 Å². The maximum atomic E-state index is 13.0. The van der Waals surface area contributed by atoms with Gasteiger partial charge in [0.2, 0.25) is 0 Å². The van der Waals surface area contributed by atoms with Gasteiger partial charge in [-0.3, -0.25) is 4.79 Å².